The Bertz CT molecular complexity index is 574. The van der Waals surface area contributed by atoms with Crippen LogP contribution in [0.15, 0.2) is 18.2 Å². The summed E-state index contributed by atoms with van der Waals surface area (Å²) >= 11 is 0. The van der Waals surface area contributed by atoms with E-state index in [-0.39, 0.29) is 18.6 Å². The molecule has 0 saturated heterocycles. The minimum absolute atomic E-state index is 0.0225. The van der Waals surface area contributed by atoms with E-state index in [9.17, 15) is 27.2 Å². The molecule has 0 spiro atoms. The van der Waals surface area contributed by atoms with Crippen LogP contribution in [0.1, 0.15) is 18.4 Å². The zero-order chi connectivity index (χ0) is 17.6. The molecule has 1 aromatic carbocycles. The molecule has 0 bridgehead atoms. The molecule has 0 aliphatic carbocycles. The summed E-state index contributed by atoms with van der Waals surface area (Å²) in [4.78, 5) is 22.3. The summed E-state index contributed by atoms with van der Waals surface area (Å²) in [7, 11) is 1.29. The van der Waals surface area contributed by atoms with E-state index in [1.807, 2.05) is 0 Å². The van der Waals surface area contributed by atoms with Gasteiger partial charge in [0.25, 0.3) is 0 Å². The van der Waals surface area contributed by atoms with Crippen molar-refractivity contribution in [3.05, 3.63) is 29.6 Å². The Morgan fingerprint density at radius 1 is 1.35 bits per heavy atom. The lowest BCUT2D eigenvalue weighted by Gasteiger charge is -2.16. The maximum absolute atomic E-state index is 13.4. The smallest absolute Gasteiger partial charge is 0.391 e. The van der Waals surface area contributed by atoms with Crippen molar-refractivity contribution in [1.82, 2.24) is 5.32 Å². The van der Waals surface area contributed by atoms with Crippen LogP contribution in [0.3, 0.4) is 0 Å². The molecule has 0 aromatic heterocycles. The summed E-state index contributed by atoms with van der Waals surface area (Å²) in [6.45, 7) is 0. The number of hydrogen-bond donors (Lipinski definition) is 2. The highest BCUT2D eigenvalue weighted by Crippen LogP contribution is 2.22. The van der Waals surface area contributed by atoms with Gasteiger partial charge in [0.2, 0.25) is 5.91 Å². The molecular weight excluding hydrogens is 322 g/mol. The van der Waals surface area contributed by atoms with E-state index in [0.717, 1.165) is 6.07 Å². The number of hydrogen-bond acceptors (Lipinski definition) is 3. The van der Waals surface area contributed by atoms with Gasteiger partial charge < -0.3 is 15.2 Å². The van der Waals surface area contributed by atoms with Crippen molar-refractivity contribution >= 4 is 11.9 Å². The Labute approximate surface area is 129 Å². The second-order valence-corrected chi connectivity index (χ2v) is 4.75. The monoisotopic (exact) mass is 337 g/mol. The van der Waals surface area contributed by atoms with Crippen molar-refractivity contribution in [1.29, 1.82) is 0 Å². The summed E-state index contributed by atoms with van der Waals surface area (Å²) in [5.41, 5.74) is 0.432. The van der Waals surface area contributed by atoms with Crippen LogP contribution in [0, 0.1) is 5.82 Å². The third-order valence-corrected chi connectivity index (χ3v) is 2.93. The van der Waals surface area contributed by atoms with Gasteiger partial charge >= 0.3 is 12.1 Å². The molecule has 5 nitrogen and oxygen atoms in total. The molecule has 1 unspecified atom stereocenters. The van der Waals surface area contributed by atoms with Crippen LogP contribution in [0.25, 0.3) is 0 Å². The topological polar surface area (TPSA) is 75.6 Å². The van der Waals surface area contributed by atoms with Crippen LogP contribution < -0.4 is 10.1 Å². The molecule has 1 atom stereocenters. The standard InChI is InChI=1S/C14H15F4NO4/c1-23-11-4-2-8(6-9(11)15)3-5-12(20)19-10(13(21)22)7-14(16,17)18/h2,4,6,10H,3,5,7H2,1H3,(H,19,20)(H,21,22). The predicted molar refractivity (Wildman–Crippen MR) is 71.5 cm³/mol. The fourth-order valence-electron chi connectivity index (χ4n) is 1.82. The van der Waals surface area contributed by atoms with E-state index in [4.69, 9.17) is 9.84 Å². The van der Waals surface area contributed by atoms with Gasteiger partial charge in [-0.2, -0.15) is 13.2 Å². The van der Waals surface area contributed by atoms with Gasteiger partial charge in [0.05, 0.1) is 13.5 Å². The number of alkyl halides is 3. The van der Waals surface area contributed by atoms with Crippen LogP contribution in [-0.2, 0) is 16.0 Å². The normalized spacial score (nSPS) is 12.6. The molecule has 1 rings (SSSR count). The van der Waals surface area contributed by atoms with Gasteiger partial charge in [-0.15, -0.1) is 0 Å². The second kappa shape index (κ2) is 7.80. The highest BCUT2D eigenvalue weighted by atomic mass is 19.4. The number of amides is 1. The number of benzene rings is 1. The zero-order valence-electron chi connectivity index (χ0n) is 12.1. The number of methoxy groups -OCH3 is 1. The van der Waals surface area contributed by atoms with Crippen LogP contribution in [0.5, 0.6) is 5.75 Å². The van der Waals surface area contributed by atoms with Gasteiger partial charge in [-0.1, -0.05) is 6.07 Å². The summed E-state index contributed by atoms with van der Waals surface area (Å²) in [6, 6.07) is 1.94. The first kappa shape index (κ1) is 18.7. The Balaban J connectivity index is 2.58. The Morgan fingerprint density at radius 3 is 2.48 bits per heavy atom. The van der Waals surface area contributed by atoms with E-state index in [0.29, 0.717) is 5.56 Å². The number of carboxylic acid groups (broad SMARTS) is 1. The number of carbonyl (C=O) groups is 2. The molecule has 0 aliphatic rings. The molecule has 1 aromatic rings. The number of rotatable bonds is 7. The maximum Gasteiger partial charge on any atom is 0.391 e. The van der Waals surface area contributed by atoms with Crippen molar-refractivity contribution in [2.24, 2.45) is 0 Å². The van der Waals surface area contributed by atoms with E-state index in [1.54, 1.807) is 5.32 Å². The molecule has 9 heteroatoms. The van der Waals surface area contributed by atoms with Crippen molar-refractivity contribution in [3.8, 4) is 5.75 Å². The lowest BCUT2D eigenvalue weighted by molar-refractivity contribution is -0.160. The van der Waals surface area contributed by atoms with Crippen LogP contribution in [0.2, 0.25) is 0 Å². The molecule has 2 N–H and O–H groups in total. The molecule has 0 saturated carbocycles. The lowest BCUT2D eigenvalue weighted by Crippen LogP contribution is -2.43. The first-order valence-electron chi connectivity index (χ1n) is 6.53. The minimum Gasteiger partial charge on any atom is -0.494 e. The molecular formula is C14H15F4NO4. The molecule has 0 fully saturated rings. The number of carboxylic acids is 1. The second-order valence-electron chi connectivity index (χ2n) is 4.75. The van der Waals surface area contributed by atoms with Crippen LogP contribution >= 0.6 is 0 Å². The zero-order valence-corrected chi connectivity index (χ0v) is 12.1. The van der Waals surface area contributed by atoms with Crippen molar-refractivity contribution in [3.63, 3.8) is 0 Å². The number of carbonyl (C=O) groups excluding carboxylic acids is 1. The van der Waals surface area contributed by atoms with Gasteiger partial charge in [0.1, 0.15) is 6.04 Å². The van der Waals surface area contributed by atoms with Crippen LogP contribution in [-0.4, -0.2) is 36.3 Å². The highest BCUT2D eigenvalue weighted by molar-refractivity contribution is 5.83. The predicted octanol–water partition coefficient (Wildman–Crippen LogP) is 2.29. The number of nitrogens with one attached hydrogen (secondary N) is 1. The molecule has 128 valence electrons. The Hall–Kier alpha value is -2.32. The maximum atomic E-state index is 13.4. The van der Waals surface area contributed by atoms with E-state index < -0.39 is 36.3 Å². The lowest BCUT2D eigenvalue weighted by atomic mass is 10.1. The average molecular weight is 337 g/mol. The number of halogens is 4. The number of aliphatic carboxylic acids is 1. The third kappa shape index (κ3) is 6.54. The fourth-order valence-corrected chi connectivity index (χ4v) is 1.82. The van der Waals surface area contributed by atoms with Gasteiger partial charge in [-0.3, -0.25) is 4.79 Å². The molecule has 0 aliphatic heterocycles. The third-order valence-electron chi connectivity index (χ3n) is 2.93. The van der Waals surface area contributed by atoms with E-state index in [1.165, 1.54) is 19.2 Å². The molecule has 23 heavy (non-hydrogen) atoms. The van der Waals surface area contributed by atoms with Crippen molar-refractivity contribution in [2.75, 3.05) is 7.11 Å². The summed E-state index contributed by atoms with van der Waals surface area (Å²) in [6.07, 6.45) is -6.60. The first-order chi connectivity index (χ1) is 10.6. The fraction of sp³-hybridized carbons (Fsp3) is 0.429. The van der Waals surface area contributed by atoms with E-state index in [2.05, 4.69) is 0 Å². The summed E-state index contributed by atoms with van der Waals surface area (Å²) in [5.74, 6) is -3.25. The Morgan fingerprint density at radius 2 is 2.00 bits per heavy atom. The summed E-state index contributed by atoms with van der Waals surface area (Å²) in [5, 5.41) is 10.5. The van der Waals surface area contributed by atoms with Crippen LogP contribution in [0.4, 0.5) is 17.6 Å². The van der Waals surface area contributed by atoms with Crippen molar-refractivity contribution in [2.45, 2.75) is 31.5 Å². The first-order valence-corrected chi connectivity index (χ1v) is 6.53. The quantitative estimate of drug-likeness (QED) is 0.749. The van der Waals surface area contributed by atoms with Gasteiger partial charge in [-0.05, 0) is 24.1 Å². The number of ether oxygens (including phenoxy) is 1. The van der Waals surface area contributed by atoms with Gasteiger partial charge in [0, 0.05) is 6.42 Å². The highest BCUT2D eigenvalue weighted by Gasteiger charge is 2.36. The summed E-state index contributed by atoms with van der Waals surface area (Å²) < 4.78 is 54.8. The largest absolute Gasteiger partial charge is 0.494 e. The van der Waals surface area contributed by atoms with E-state index >= 15 is 0 Å². The van der Waals surface area contributed by atoms with Gasteiger partial charge in [-0.25, -0.2) is 9.18 Å². The SMILES string of the molecule is COc1ccc(CCC(=O)NC(CC(F)(F)F)C(=O)O)cc1F. The molecule has 0 radical (unpaired) electrons. The minimum atomic E-state index is -4.71. The molecule has 1 amide bonds. The number of aryl methyl sites for hydroxylation is 1. The van der Waals surface area contributed by atoms with Crippen molar-refractivity contribution < 1.29 is 37.0 Å². The molecule has 0 heterocycles. The average Bonchev–Trinajstić information content (AvgIpc) is 2.43. The van der Waals surface area contributed by atoms with Gasteiger partial charge in [0.15, 0.2) is 11.6 Å². The Kier molecular flexibility index (Phi) is 6.35.